The minimum atomic E-state index is -5.60. The van der Waals surface area contributed by atoms with Gasteiger partial charge in [0.2, 0.25) is 5.70 Å². The van der Waals surface area contributed by atoms with Gasteiger partial charge in [0.15, 0.2) is 0 Å². The van der Waals surface area contributed by atoms with E-state index in [1.165, 1.54) is 72.8 Å². The Labute approximate surface area is 267 Å². The molecule has 0 spiro atoms. The second-order valence-corrected chi connectivity index (χ2v) is 9.58. The van der Waals surface area contributed by atoms with Crippen molar-refractivity contribution in [3.05, 3.63) is 140 Å². The maximum Gasteiger partial charge on any atom is 0.573 e. The second-order valence-electron chi connectivity index (χ2n) is 9.58. The monoisotopic (exact) mass is 648 g/mol. The Balaban J connectivity index is 2.20. The average molecular weight is 648 g/mol. The van der Waals surface area contributed by atoms with Gasteiger partial charge in [-0.3, -0.25) is 0 Å². The Bertz CT molecular complexity index is 2110. The van der Waals surface area contributed by atoms with Gasteiger partial charge in [0.05, 0.1) is 37.4 Å². The first-order valence-electron chi connectivity index (χ1n) is 13.0. The summed E-state index contributed by atoms with van der Waals surface area (Å²) in [5, 5.41) is 30.3. The van der Waals surface area contributed by atoms with E-state index in [9.17, 15) is 42.1 Å². The molecule has 3 aromatic carbocycles. The minimum Gasteiger partial charge on any atom is -0.406 e. The van der Waals surface area contributed by atoms with E-state index in [4.69, 9.17) is 19.7 Å². The highest BCUT2D eigenvalue weighted by atomic mass is 19.4. The van der Waals surface area contributed by atoms with Gasteiger partial charge < -0.3 is 9.47 Å². The van der Waals surface area contributed by atoms with Crippen LogP contribution in [0.15, 0.2) is 72.1 Å². The number of fused-ring (bicyclic) bond motifs is 2. The number of allylic oxidation sites excluding steroid dienone is 7. The molecule has 2 aliphatic rings. The summed E-state index contributed by atoms with van der Waals surface area (Å²) in [6.07, 6.45) is -11.2. The van der Waals surface area contributed by atoms with E-state index in [1.54, 1.807) is 6.07 Å². The standard InChI is InChI=1S/C34H10F6N6O2/c1-44-20(15-42)25-22(17-10-6-4-7-11-17)19(14-41)24-27(25)32(48-34(38,39)40)29-28(31(24)47-33(35,36)37)26(21(16-43)45-2)23(30(29)46-3)18-12-8-5-9-13-18/h4-13H/b25-20-,26-21+. The highest BCUT2D eigenvalue weighted by molar-refractivity contribution is 6.31. The third-order valence-electron chi connectivity index (χ3n) is 7.07. The summed E-state index contributed by atoms with van der Waals surface area (Å²) in [6.45, 7) is 23.3. The minimum absolute atomic E-state index is 0.0216. The van der Waals surface area contributed by atoms with Gasteiger partial charge in [-0.15, -0.1) is 26.3 Å². The van der Waals surface area contributed by atoms with Gasteiger partial charge in [0.1, 0.15) is 17.6 Å². The molecular weight excluding hydrogens is 638 g/mol. The number of benzene rings is 3. The van der Waals surface area contributed by atoms with E-state index in [-0.39, 0.29) is 11.1 Å². The van der Waals surface area contributed by atoms with Crippen molar-refractivity contribution in [1.29, 1.82) is 15.8 Å². The van der Waals surface area contributed by atoms with Crippen LogP contribution in [0.3, 0.4) is 0 Å². The fraction of sp³-hybridized carbons (Fsp3) is 0.0588. The molecule has 8 nitrogen and oxygen atoms in total. The smallest absolute Gasteiger partial charge is 0.406 e. The Hall–Kier alpha value is -7.26. The Morgan fingerprint density at radius 1 is 0.604 bits per heavy atom. The third kappa shape index (κ3) is 5.23. The van der Waals surface area contributed by atoms with Crippen molar-refractivity contribution >= 4 is 33.6 Å². The first kappa shape index (κ1) is 32.1. The molecule has 2 aliphatic carbocycles. The second kappa shape index (κ2) is 11.9. The van der Waals surface area contributed by atoms with Crippen molar-refractivity contribution in [1.82, 2.24) is 0 Å². The molecule has 0 atom stereocenters. The predicted octanol–water partition coefficient (Wildman–Crippen LogP) is 9.04. The lowest BCUT2D eigenvalue weighted by molar-refractivity contribution is -0.277. The Kier molecular flexibility index (Phi) is 7.98. The molecule has 230 valence electrons. The van der Waals surface area contributed by atoms with Crippen molar-refractivity contribution in [2.45, 2.75) is 12.7 Å². The maximum atomic E-state index is 14.3. The van der Waals surface area contributed by atoms with Gasteiger partial charge in [-0.2, -0.15) is 5.26 Å². The highest BCUT2D eigenvalue weighted by Gasteiger charge is 2.49. The van der Waals surface area contributed by atoms with Gasteiger partial charge >= 0.3 is 12.7 Å². The van der Waals surface area contributed by atoms with Crippen LogP contribution < -0.4 is 9.47 Å². The molecule has 0 bridgehead atoms. The van der Waals surface area contributed by atoms with Crippen LogP contribution in [-0.2, 0) is 0 Å². The molecule has 0 heterocycles. The molecule has 0 saturated heterocycles. The number of hydrogen-bond acceptors (Lipinski definition) is 5. The van der Waals surface area contributed by atoms with Crippen molar-refractivity contribution < 1.29 is 35.8 Å². The summed E-state index contributed by atoms with van der Waals surface area (Å²) in [7, 11) is 0. The molecule has 0 radical (unpaired) electrons. The molecule has 0 unspecified atom stereocenters. The van der Waals surface area contributed by atoms with E-state index < -0.39 is 91.4 Å². The lowest BCUT2D eigenvalue weighted by Crippen LogP contribution is -2.22. The van der Waals surface area contributed by atoms with Crippen LogP contribution in [0.25, 0.3) is 48.1 Å². The summed E-state index contributed by atoms with van der Waals surface area (Å²) in [5.41, 5.74) is -9.28. The number of ether oxygens (including phenoxy) is 2. The van der Waals surface area contributed by atoms with Gasteiger partial charge in [-0.05, 0) is 27.8 Å². The molecule has 0 saturated carbocycles. The fourth-order valence-electron chi connectivity index (χ4n) is 5.57. The highest BCUT2D eigenvalue weighted by Crippen LogP contribution is 2.64. The van der Waals surface area contributed by atoms with E-state index in [0.717, 1.165) is 0 Å². The van der Waals surface area contributed by atoms with E-state index in [1.807, 2.05) is 0 Å². The zero-order valence-electron chi connectivity index (χ0n) is 23.5. The molecule has 48 heavy (non-hydrogen) atoms. The molecule has 0 aromatic heterocycles. The van der Waals surface area contributed by atoms with Crippen LogP contribution in [-0.4, -0.2) is 12.7 Å². The van der Waals surface area contributed by atoms with Gasteiger partial charge in [-0.1, -0.05) is 60.7 Å². The van der Waals surface area contributed by atoms with Crippen LogP contribution in [0.1, 0.15) is 33.4 Å². The predicted molar refractivity (Wildman–Crippen MR) is 157 cm³/mol. The molecular formula is C34H10F6N6O2. The summed E-state index contributed by atoms with van der Waals surface area (Å²) in [6, 6.07) is 18.9. The lowest BCUT2D eigenvalue weighted by Gasteiger charge is -2.24. The van der Waals surface area contributed by atoms with Crippen molar-refractivity contribution in [3.63, 3.8) is 0 Å². The molecule has 14 heteroatoms. The Morgan fingerprint density at radius 3 is 1.42 bits per heavy atom. The van der Waals surface area contributed by atoms with E-state index in [0.29, 0.717) is 0 Å². The summed E-state index contributed by atoms with van der Waals surface area (Å²) < 4.78 is 94.8. The van der Waals surface area contributed by atoms with Gasteiger partial charge in [-0.25, -0.2) is 25.1 Å². The number of nitriles is 3. The van der Waals surface area contributed by atoms with Crippen LogP contribution in [0.5, 0.6) is 11.5 Å². The van der Waals surface area contributed by atoms with Crippen LogP contribution >= 0.6 is 0 Å². The summed E-state index contributed by atoms with van der Waals surface area (Å²) >= 11 is 0. The molecule has 5 rings (SSSR count). The lowest BCUT2D eigenvalue weighted by atomic mass is 9.89. The summed E-state index contributed by atoms with van der Waals surface area (Å²) in [4.78, 5) is 9.55. The number of hydrogen-bond donors (Lipinski definition) is 0. The van der Waals surface area contributed by atoms with Crippen molar-refractivity contribution in [3.8, 4) is 29.7 Å². The summed E-state index contributed by atoms with van der Waals surface area (Å²) in [5.74, 6) is -2.69. The zero-order valence-corrected chi connectivity index (χ0v) is 23.5. The number of halogens is 6. The fourth-order valence-corrected chi connectivity index (χ4v) is 5.57. The quantitative estimate of drug-likeness (QED) is 0.160. The number of rotatable bonds is 4. The van der Waals surface area contributed by atoms with Gasteiger partial charge in [0, 0.05) is 27.8 Å². The molecule has 0 N–H and O–H groups in total. The van der Waals surface area contributed by atoms with Crippen molar-refractivity contribution in [2.75, 3.05) is 0 Å². The first-order valence-corrected chi connectivity index (χ1v) is 13.0. The SMILES string of the molecule is [C-]#[N+]C1=C(c2ccccc2)/C(=C(/C#N)[N+]#[C-])c2c(OC(F)(F)F)c3c(c(OC(F)(F)F)c21)/C(=C(/C#N)[N+]#[C-])C(c1ccccc1)=C3C#N. The zero-order chi connectivity index (χ0) is 35.0. The van der Waals surface area contributed by atoms with Crippen LogP contribution in [0.4, 0.5) is 26.3 Å². The van der Waals surface area contributed by atoms with Crippen LogP contribution in [0.2, 0.25) is 0 Å². The largest absolute Gasteiger partial charge is 0.573 e. The number of alkyl halides is 6. The maximum absolute atomic E-state index is 14.3. The molecule has 3 aromatic rings. The molecule has 0 amide bonds. The van der Waals surface area contributed by atoms with Crippen LogP contribution in [0, 0.1) is 53.7 Å². The average Bonchev–Trinajstić information content (AvgIpc) is 3.58. The third-order valence-corrected chi connectivity index (χ3v) is 7.07. The number of nitrogens with zero attached hydrogens (tertiary/aromatic N) is 6. The van der Waals surface area contributed by atoms with Gasteiger partial charge in [0.25, 0.3) is 11.4 Å². The van der Waals surface area contributed by atoms with Crippen molar-refractivity contribution in [2.24, 2.45) is 0 Å². The molecule has 0 fully saturated rings. The Morgan fingerprint density at radius 2 is 1.02 bits per heavy atom. The normalized spacial score (nSPS) is 15.5. The van der Waals surface area contributed by atoms with E-state index in [2.05, 4.69) is 24.0 Å². The van der Waals surface area contributed by atoms with E-state index >= 15 is 0 Å². The first-order chi connectivity index (χ1) is 22.8. The topological polar surface area (TPSA) is 103 Å². The molecule has 0 aliphatic heterocycles.